The Bertz CT molecular complexity index is 458. The fourth-order valence-electron chi connectivity index (χ4n) is 1.52. The van der Waals surface area contributed by atoms with Crippen LogP contribution in [0.25, 0.3) is 0 Å². The van der Waals surface area contributed by atoms with Crippen LogP contribution in [0.5, 0.6) is 0 Å². The van der Waals surface area contributed by atoms with E-state index in [2.05, 4.69) is 5.16 Å². The van der Waals surface area contributed by atoms with Crippen molar-refractivity contribution in [1.82, 2.24) is 15.0 Å². The number of likely N-dealkylation sites (N-methyl/N-ethyl adjacent to an activating group) is 1. The highest BCUT2D eigenvalue weighted by Gasteiger charge is 2.22. The highest BCUT2D eigenvalue weighted by Crippen LogP contribution is 2.08. The van der Waals surface area contributed by atoms with Crippen molar-refractivity contribution in [2.24, 2.45) is 0 Å². The molecule has 0 atom stereocenters. The standard InChI is InChI=1S/C12H19N3O5/c1-14(2)4-5-15(7-11(16)17)12(18)10-6-9(8-19-3)20-13-10/h6H,4-5,7-8H2,1-3H3,(H,16,17). The quantitative estimate of drug-likeness (QED) is 0.713. The number of carboxylic acid groups (broad SMARTS) is 1. The van der Waals surface area contributed by atoms with Gasteiger partial charge < -0.3 is 24.2 Å². The Balaban J connectivity index is 2.76. The Morgan fingerprint density at radius 3 is 2.65 bits per heavy atom. The first-order chi connectivity index (χ1) is 9.43. The molecule has 1 aromatic rings. The number of ether oxygens (including phenoxy) is 1. The normalized spacial score (nSPS) is 10.8. The molecule has 1 amide bonds. The Labute approximate surface area is 116 Å². The van der Waals surface area contributed by atoms with Gasteiger partial charge in [-0.3, -0.25) is 9.59 Å². The average Bonchev–Trinajstić information content (AvgIpc) is 2.82. The molecule has 0 spiro atoms. The molecule has 0 unspecified atom stereocenters. The van der Waals surface area contributed by atoms with Gasteiger partial charge in [0.25, 0.3) is 5.91 Å². The van der Waals surface area contributed by atoms with Crippen LogP contribution in [0.3, 0.4) is 0 Å². The predicted molar refractivity (Wildman–Crippen MR) is 69.3 cm³/mol. The Hall–Kier alpha value is -1.93. The number of nitrogens with zero attached hydrogens (tertiary/aromatic N) is 3. The van der Waals surface area contributed by atoms with Crippen LogP contribution in [-0.2, 0) is 16.1 Å². The lowest BCUT2D eigenvalue weighted by Crippen LogP contribution is -2.40. The summed E-state index contributed by atoms with van der Waals surface area (Å²) in [4.78, 5) is 26.1. The van der Waals surface area contributed by atoms with Crippen LogP contribution in [0.2, 0.25) is 0 Å². The third-order valence-corrected chi connectivity index (χ3v) is 2.50. The summed E-state index contributed by atoms with van der Waals surface area (Å²) < 4.78 is 9.79. The largest absolute Gasteiger partial charge is 0.480 e. The maximum Gasteiger partial charge on any atom is 0.323 e. The number of carboxylic acids is 1. The molecule has 8 heteroatoms. The minimum absolute atomic E-state index is 0.0806. The van der Waals surface area contributed by atoms with Crippen LogP contribution in [0.4, 0.5) is 0 Å². The van der Waals surface area contributed by atoms with Gasteiger partial charge >= 0.3 is 5.97 Å². The first-order valence-corrected chi connectivity index (χ1v) is 6.04. The fourth-order valence-corrected chi connectivity index (χ4v) is 1.52. The summed E-state index contributed by atoms with van der Waals surface area (Å²) in [5, 5.41) is 12.5. The van der Waals surface area contributed by atoms with E-state index in [-0.39, 0.29) is 18.8 Å². The molecule has 0 fully saturated rings. The van der Waals surface area contributed by atoms with Gasteiger partial charge in [-0.15, -0.1) is 0 Å². The Kier molecular flexibility index (Phi) is 6.13. The zero-order chi connectivity index (χ0) is 15.1. The summed E-state index contributed by atoms with van der Waals surface area (Å²) in [5.41, 5.74) is 0.0806. The topological polar surface area (TPSA) is 96.1 Å². The monoisotopic (exact) mass is 285 g/mol. The number of hydrogen-bond donors (Lipinski definition) is 1. The number of carbonyl (C=O) groups is 2. The van der Waals surface area contributed by atoms with E-state index >= 15 is 0 Å². The Morgan fingerprint density at radius 1 is 1.40 bits per heavy atom. The maximum atomic E-state index is 12.2. The predicted octanol–water partition coefficient (Wildman–Crippen LogP) is -0.0906. The lowest BCUT2D eigenvalue weighted by Gasteiger charge is -2.21. The van der Waals surface area contributed by atoms with E-state index in [0.29, 0.717) is 18.8 Å². The van der Waals surface area contributed by atoms with Crippen molar-refractivity contribution in [3.8, 4) is 0 Å². The number of methoxy groups -OCH3 is 1. The number of amides is 1. The molecule has 1 N–H and O–H groups in total. The number of aliphatic carboxylic acids is 1. The van der Waals surface area contributed by atoms with E-state index in [1.807, 2.05) is 19.0 Å². The third kappa shape index (κ3) is 4.98. The maximum absolute atomic E-state index is 12.2. The first-order valence-electron chi connectivity index (χ1n) is 6.04. The van der Waals surface area contributed by atoms with Gasteiger partial charge in [-0.2, -0.15) is 0 Å². The molecule has 1 heterocycles. The van der Waals surface area contributed by atoms with Crippen LogP contribution >= 0.6 is 0 Å². The lowest BCUT2D eigenvalue weighted by atomic mass is 10.3. The van der Waals surface area contributed by atoms with Gasteiger partial charge in [0, 0.05) is 26.3 Å². The second kappa shape index (κ2) is 7.61. The molecule has 0 saturated carbocycles. The van der Waals surface area contributed by atoms with Crippen molar-refractivity contribution in [2.45, 2.75) is 6.61 Å². The van der Waals surface area contributed by atoms with Gasteiger partial charge in [0.15, 0.2) is 11.5 Å². The highest BCUT2D eigenvalue weighted by molar-refractivity contribution is 5.94. The second-order valence-corrected chi connectivity index (χ2v) is 4.54. The van der Waals surface area contributed by atoms with E-state index in [1.165, 1.54) is 18.1 Å². The number of hydrogen-bond acceptors (Lipinski definition) is 6. The zero-order valence-electron chi connectivity index (χ0n) is 11.8. The molecule has 0 aromatic carbocycles. The molecule has 1 rings (SSSR count). The summed E-state index contributed by atoms with van der Waals surface area (Å²) in [7, 11) is 5.18. The van der Waals surface area contributed by atoms with Gasteiger partial charge in [0.05, 0.1) is 0 Å². The van der Waals surface area contributed by atoms with Crippen LogP contribution < -0.4 is 0 Å². The van der Waals surface area contributed by atoms with Gasteiger partial charge in [-0.05, 0) is 14.1 Å². The Morgan fingerprint density at radius 2 is 2.10 bits per heavy atom. The van der Waals surface area contributed by atoms with Crippen LogP contribution in [0, 0.1) is 0 Å². The number of aromatic nitrogens is 1. The SMILES string of the molecule is COCc1cc(C(=O)N(CCN(C)C)CC(=O)O)no1. The highest BCUT2D eigenvalue weighted by atomic mass is 16.5. The van der Waals surface area contributed by atoms with Crippen molar-refractivity contribution < 1.29 is 24.0 Å². The summed E-state index contributed by atoms with van der Waals surface area (Å²) >= 11 is 0. The minimum atomic E-state index is -1.07. The zero-order valence-corrected chi connectivity index (χ0v) is 11.8. The van der Waals surface area contributed by atoms with Crippen LogP contribution in [0.1, 0.15) is 16.2 Å². The van der Waals surface area contributed by atoms with E-state index in [4.69, 9.17) is 14.4 Å². The third-order valence-electron chi connectivity index (χ3n) is 2.50. The minimum Gasteiger partial charge on any atom is -0.480 e. The number of rotatable bonds is 8. The van der Waals surface area contributed by atoms with Gasteiger partial charge in [-0.25, -0.2) is 0 Å². The summed E-state index contributed by atoms with van der Waals surface area (Å²) in [6, 6.07) is 1.45. The first kappa shape index (κ1) is 16.1. The van der Waals surface area contributed by atoms with Gasteiger partial charge in [0.1, 0.15) is 13.2 Å². The van der Waals surface area contributed by atoms with E-state index in [0.717, 1.165) is 0 Å². The van der Waals surface area contributed by atoms with Gasteiger partial charge in [0.2, 0.25) is 0 Å². The smallest absolute Gasteiger partial charge is 0.323 e. The molecule has 0 radical (unpaired) electrons. The van der Waals surface area contributed by atoms with Crippen molar-refractivity contribution in [3.63, 3.8) is 0 Å². The fraction of sp³-hybridized carbons (Fsp3) is 0.583. The van der Waals surface area contributed by atoms with E-state index in [1.54, 1.807) is 0 Å². The molecule has 0 aliphatic rings. The van der Waals surface area contributed by atoms with Crippen LogP contribution in [-0.4, -0.2) is 72.8 Å². The molecular weight excluding hydrogens is 266 g/mol. The molecule has 0 bridgehead atoms. The molecule has 112 valence electrons. The molecule has 20 heavy (non-hydrogen) atoms. The van der Waals surface area contributed by atoms with E-state index in [9.17, 15) is 9.59 Å². The van der Waals surface area contributed by atoms with Crippen LogP contribution in [0.15, 0.2) is 10.6 Å². The number of carbonyl (C=O) groups excluding carboxylic acids is 1. The molecule has 0 saturated heterocycles. The van der Waals surface area contributed by atoms with Crippen molar-refractivity contribution >= 4 is 11.9 Å². The van der Waals surface area contributed by atoms with E-state index < -0.39 is 11.9 Å². The van der Waals surface area contributed by atoms with Crippen molar-refractivity contribution in [3.05, 3.63) is 17.5 Å². The summed E-state index contributed by atoms with van der Waals surface area (Å²) in [5.74, 6) is -1.13. The van der Waals surface area contributed by atoms with Crippen molar-refractivity contribution in [1.29, 1.82) is 0 Å². The average molecular weight is 285 g/mol. The molecule has 8 nitrogen and oxygen atoms in total. The molecular formula is C12H19N3O5. The summed E-state index contributed by atoms with van der Waals surface area (Å²) in [6.07, 6.45) is 0. The molecule has 0 aliphatic heterocycles. The lowest BCUT2D eigenvalue weighted by molar-refractivity contribution is -0.137. The molecule has 0 aliphatic carbocycles. The molecule has 1 aromatic heterocycles. The van der Waals surface area contributed by atoms with Gasteiger partial charge in [-0.1, -0.05) is 5.16 Å². The summed E-state index contributed by atoms with van der Waals surface area (Å²) in [6.45, 7) is 0.683. The second-order valence-electron chi connectivity index (χ2n) is 4.54. The van der Waals surface area contributed by atoms with Crippen molar-refractivity contribution in [2.75, 3.05) is 40.8 Å².